The van der Waals surface area contributed by atoms with Crippen molar-refractivity contribution in [1.29, 1.82) is 0 Å². The highest BCUT2D eigenvalue weighted by Gasteiger charge is 1.94. The fraction of sp³-hybridized carbons (Fsp3) is 0.500. The predicted octanol–water partition coefficient (Wildman–Crippen LogP) is 0.417. The zero-order valence-electron chi connectivity index (χ0n) is 3.40. The molecule has 1 heterocycles. The second-order valence-corrected chi connectivity index (χ2v) is 1.70. The van der Waals surface area contributed by atoms with Crippen LogP contribution in [0.5, 0.6) is 0 Å². The van der Waals surface area contributed by atoms with Gasteiger partial charge in [0.05, 0.1) is 12.0 Å². The first-order valence-corrected chi connectivity index (χ1v) is 2.44. The predicted molar refractivity (Wildman–Crippen MR) is 24.4 cm³/mol. The smallest absolute Gasteiger partial charge is 0.124 e. The molecular weight excluding hydrogens is 92.1 g/mol. The lowest BCUT2D eigenvalue weighted by atomic mass is 10.5. The van der Waals surface area contributed by atoms with Crippen molar-refractivity contribution in [3.63, 3.8) is 0 Å². The maximum atomic E-state index is 4.93. The SMILES string of the molecule is [Si]C1=CCCO1. The van der Waals surface area contributed by atoms with E-state index in [1.807, 2.05) is 6.08 Å². The monoisotopic (exact) mass is 97.0 g/mol. The van der Waals surface area contributed by atoms with Crippen LogP contribution in [0, 0.1) is 0 Å². The normalized spacial score (nSPS) is 19.8. The van der Waals surface area contributed by atoms with E-state index in [1.54, 1.807) is 0 Å². The Morgan fingerprint density at radius 3 is 2.83 bits per heavy atom. The van der Waals surface area contributed by atoms with Gasteiger partial charge < -0.3 is 4.74 Å². The van der Waals surface area contributed by atoms with Crippen molar-refractivity contribution in [3.05, 3.63) is 11.5 Å². The lowest BCUT2D eigenvalue weighted by Crippen LogP contribution is -1.80. The Balaban J connectivity index is 2.45. The van der Waals surface area contributed by atoms with E-state index in [1.165, 1.54) is 0 Å². The summed E-state index contributed by atoms with van der Waals surface area (Å²) < 4.78 is 4.93. The van der Waals surface area contributed by atoms with Gasteiger partial charge in [0.1, 0.15) is 10.2 Å². The molecule has 0 amide bonds. The molecular formula is C4H5OSi. The molecule has 1 rings (SSSR count). The van der Waals surface area contributed by atoms with Crippen LogP contribution in [0.25, 0.3) is 0 Å². The van der Waals surface area contributed by atoms with Crippen molar-refractivity contribution in [2.45, 2.75) is 6.42 Å². The minimum absolute atomic E-state index is 0.846. The van der Waals surface area contributed by atoms with Gasteiger partial charge in [0.15, 0.2) is 0 Å². The maximum Gasteiger partial charge on any atom is 0.124 e. The average Bonchev–Trinajstić information content (AvgIpc) is 1.86. The summed E-state index contributed by atoms with van der Waals surface area (Å²) >= 11 is 0. The van der Waals surface area contributed by atoms with Crippen molar-refractivity contribution in [2.24, 2.45) is 0 Å². The van der Waals surface area contributed by atoms with Crippen LogP contribution in [0.1, 0.15) is 6.42 Å². The summed E-state index contributed by atoms with van der Waals surface area (Å²) in [6, 6.07) is 0. The maximum absolute atomic E-state index is 4.93. The largest absolute Gasteiger partial charge is 0.504 e. The van der Waals surface area contributed by atoms with Crippen molar-refractivity contribution in [3.8, 4) is 0 Å². The minimum Gasteiger partial charge on any atom is -0.504 e. The van der Waals surface area contributed by atoms with Gasteiger partial charge in [-0.05, 0) is 6.08 Å². The fourth-order valence-electron chi connectivity index (χ4n) is 0.418. The molecule has 0 saturated heterocycles. The molecule has 0 fully saturated rings. The molecule has 1 aliphatic heterocycles. The Kier molecular flexibility index (Phi) is 0.963. The summed E-state index contributed by atoms with van der Waals surface area (Å²) in [5.41, 5.74) is 0. The Morgan fingerprint density at radius 2 is 2.67 bits per heavy atom. The zero-order chi connectivity index (χ0) is 4.41. The zero-order valence-corrected chi connectivity index (χ0v) is 4.40. The Bertz CT molecular complexity index is 77.6. The van der Waals surface area contributed by atoms with E-state index in [4.69, 9.17) is 4.74 Å². The van der Waals surface area contributed by atoms with Gasteiger partial charge in [-0.15, -0.1) is 0 Å². The summed E-state index contributed by atoms with van der Waals surface area (Å²) in [5, 5.41) is 0.884. The summed E-state index contributed by atoms with van der Waals surface area (Å²) in [5.74, 6) is 0. The first-order valence-electron chi connectivity index (χ1n) is 1.94. The van der Waals surface area contributed by atoms with Gasteiger partial charge in [-0.3, -0.25) is 0 Å². The van der Waals surface area contributed by atoms with E-state index in [0.717, 1.165) is 18.4 Å². The van der Waals surface area contributed by atoms with Crippen LogP contribution in [0.15, 0.2) is 11.5 Å². The van der Waals surface area contributed by atoms with Crippen LogP contribution in [0.4, 0.5) is 0 Å². The number of rotatable bonds is 0. The standard InChI is InChI=1S/C4H5OSi/c6-4-2-1-3-5-4/h2H,1,3H2. The molecule has 0 aromatic rings. The number of ether oxygens (including phenoxy) is 1. The molecule has 0 bridgehead atoms. The van der Waals surface area contributed by atoms with Gasteiger partial charge in [0, 0.05) is 6.42 Å². The molecule has 6 heavy (non-hydrogen) atoms. The molecule has 0 unspecified atom stereocenters. The van der Waals surface area contributed by atoms with Crippen LogP contribution in [-0.2, 0) is 4.74 Å². The lowest BCUT2D eigenvalue weighted by Gasteiger charge is -1.89. The highest BCUT2D eigenvalue weighted by Crippen LogP contribution is 2.02. The third kappa shape index (κ3) is 0.625. The summed E-state index contributed by atoms with van der Waals surface area (Å²) in [6.07, 6.45) is 3.07. The molecule has 0 saturated carbocycles. The van der Waals surface area contributed by atoms with E-state index in [9.17, 15) is 0 Å². The molecule has 0 aromatic heterocycles. The highest BCUT2D eigenvalue weighted by atomic mass is 28.1. The lowest BCUT2D eigenvalue weighted by molar-refractivity contribution is 0.268. The average molecular weight is 97.2 g/mol. The van der Waals surface area contributed by atoms with E-state index in [2.05, 4.69) is 10.2 Å². The molecule has 3 radical (unpaired) electrons. The van der Waals surface area contributed by atoms with Crippen LogP contribution >= 0.6 is 0 Å². The Hall–Kier alpha value is -0.243. The summed E-state index contributed by atoms with van der Waals surface area (Å²) in [7, 11) is 3.22. The summed E-state index contributed by atoms with van der Waals surface area (Å²) in [6.45, 7) is 0.846. The van der Waals surface area contributed by atoms with Gasteiger partial charge in [-0.1, -0.05) is 0 Å². The molecule has 1 aliphatic rings. The second kappa shape index (κ2) is 1.47. The number of hydrogen-bond donors (Lipinski definition) is 0. The quantitative estimate of drug-likeness (QED) is 0.398. The van der Waals surface area contributed by atoms with Crippen LogP contribution in [-0.4, -0.2) is 16.8 Å². The van der Waals surface area contributed by atoms with Gasteiger partial charge in [-0.2, -0.15) is 0 Å². The third-order valence-electron chi connectivity index (χ3n) is 0.705. The molecule has 0 aromatic carbocycles. The van der Waals surface area contributed by atoms with Gasteiger partial charge in [0.2, 0.25) is 0 Å². The Labute approximate surface area is 40.4 Å². The number of hydrogen-bond acceptors (Lipinski definition) is 1. The van der Waals surface area contributed by atoms with E-state index < -0.39 is 0 Å². The van der Waals surface area contributed by atoms with Crippen LogP contribution in [0.3, 0.4) is 0 Å². The molecule has 2 heteroatoms. The molecule has 0 N–H and O–H groups in total. The molecule has 31 valence electrons. The first-order chi connectivity index (χ1) is 2.89. The fourth-order valence-corrected chi connectivity index (χ4v) is 0.664. The minimum atomic E-state index is 0.846. The first kappa shape index (κ1) is 3.93. The van der Waals surface area contributed by atoms with Crippen molar-refractivity contribution in [2.75, 3.05) is 6.61 Å². The topological polar surface area (TPSA) is 9.23 Å². The van der Waals surface area contributed by atoms with E-state index in [-0.39, 0.29) is 0 Å². The van der Waals surface area contributed by atoms with Gasteiger partial charge >= 0.3 is 0 Å². The van der Waals surface area contributed by atoms with Gasteiger partial charge in [-0.25, -0.2) is 0 Å². The van der Waals surface area contributed by atoms with Crippen LogP contribution < -0.4 is 0 Å². The van der Waals surface area contributed by atoms with E-state index >= 15 is 0 Å². The Morgan fingerprint density at radius 1 is 1.83 bits per heavy atom. The van der Waals surface area contributed by atoms with Gasteiger partial charge in [0.25, 0.3) is 0 Å². The second-order valence-electron chi connectivity index (χ2n) is 1.21. The van der Waals surface area contributed by atoms with Crippen molar-refractivity contribution < 1.29 is 4.74 Å². The molecule has 1 nitrogen and oxygen atoms in total. The molecule has 0 spiro atoms. The third-order valence-corrected chi connectivity index (χ3v) is 1.05. The van der Waals surface area contributed by atoms with Crippen molar-refractivity contribution in [1.82, 2.24) is 0 Å². The molecule has 0 aliphatic carbocycles. The van der Waals surface area contributed by atoms with E-state index in [0.29, 0.717) is 0 Å². The summed E-state index contributed by atoms with van der Waals surface area (Å²) in [4.78, 5) is 0. The highest BCUT2D eigenvalue weighted by molar-refractivity contribution is 6.20. The van der Waals surface area contributed by atoms with Crippen molar-refractivity contribution >= 4 is 10.2 Å². The molecule has 0 atom stereocenters. The van der Waals surface area contributed by atoms with Crippen LogP contribution in [0.2, 0.25) is 0 Å².